The first-order valence-corrected chi connectivity index (χ1v) is 12.3. The lowest BCUT2D eigenvalue weighted by atomic mass is 9.68. The topological polar surface area (TPSA) is 0 Å². The minimum Gasteiger partial charge on any atom is -0.0886 e. The minimum absolute atomic E-state index is 0.0677. The van der Waals surface area contributed by atoms with Crippen molar-refractivity contribution in [2.45, 2.75) is 57.8 Å². The molecule has 0 fully saturated rings. The number of benzene rings is 4. The summed E-state index contributed by atoms with van der Waals surface area (Å²) in [4.78, 5) is 0. The van der Waals surface area contributed by atoms with Crippen LogP contribution in [0, 0.1) is 0 Å². The number of hydrogen-bond donors (Lipinski definition) is 0. The molecule has 2 aliphatic carbocycles. The Morgan fingerprint density at radius 3 is 1.62 bits per heavy atom. The molecule has 0 saturated heterocycles. The van der Waals surface area contributed by atoms with Gasteiger partial charge in [-0.1, -0.05) is 126 Å². The van der Waals surface area contributed by atoms with Crippen molar-refractivity contribution in [3.63, 3.8) is 0 Å². The van der Waals surface area contributed by atoms with Gasteiger partial charge in [-0.05, 0) is 66.5 Å². The van der Waals surface area contributed by atoms with E-state index in [4.69, 9.17) is 7.85 Å². The summed E-state index contributed by atoms with van der Waals surface area (Å²) in [5.74, 6) is 0. The van der Waals surface area contributed by atoms with E-state index in [0.29, 0.717) is 0 Å². The number of fused-ring (bicyclic) bond motifs is 10. The minimum atomic E-state index is -0.353. The second kappa shape index (κ2) is 6.75. The van der Waals surface area contributed by atoms with E-state index in [2.05, 4.69) is 114 Å². The lowest BCUT2D eigenvalue weighted by molar-refractivity contribution is 0.586. The maximum Gasteiger partial charge on any atom is 0.114 e. The molecule has 2 radical (unpaired) electrons. The Hall–Kier alpha value is -3.06. The molecule has 0 bridgehead atoms. The summed E-state index contributed by atoms with van der Waals surface area (Å²) in [7, 11) is 6.68. The Morgan fingerprint density at radius 1 is 0.529 bits per heavy atom. The van der Waals surface area contributed by atoms with Crippen molar-refractivity contribution in [1.29, 1.82) is 0 Å². The van der Waals surface area contributed by atoms with E-state index in [1.54, 1.807) is 0 Å². The molecule has 0 saturated carbocycles. The molecule has 1 heteroatoms. The van der Waals surface area contributed by atoms with Gasteiger partial charge in [-0.3, -0.25) is 0 Å². The van der Waals surface area contributed by atoms with E-state index in [1.807, 2.05) is 6.07 Å². The first kappa shape index (κ1) is 21.5. The molecule has 0 unspecified atom stereocenters. The molecule has 0 aliphatic heterocycles. The molecule has 2 aliphatic rings. The summed E-state index contributed by atoms with van der Waals surface area (Å²) in [6, 6.07) is 29.7. The third-order valence-corrected chi connectivity index (χ3v) is 7.97. The van der Waals surface area contributed by atoms with Crippen molar-refractivity contribution in [2.75, 3.05) is 0 Å². The SMILES string of the molecule is [B]c1cccc2c1-c1ccccc1C21c2cc(C(C)(C)C)ccc2-c2ccc(C(C)(C)C)cc21. The highest BCUT2D eigenvalue weighted by Gasteiger charge is 2.52. The number of hydrogen-bond acceptors (Lipinski definition) is 0. The van der Waals surface area contributed by atoms with Gasteiger partial charge in [-0.2, -0.15) is 0 Å². The van der Waals surface area contributed by atoms with Crippen LogP contribution in [-0.4, -0.2) is 7.85 Å². The van der Waals surface area contributed by atoms with E-state index in [-0.39, 0.29) is 16.2 Å². The fourth-order valence-electron chi connectivity index (χ4n) is 6.19. The van der Waals surface area contributed by atoms with Crippen molar-refractivity contribution >= 4 is 13.3 Å². The summed E-state index contributed by atoms with van der Waals surface area (Å²) >= 11 is 0. The van der Waals surface area contributed by atoms with Crippen LogP contribution in [0.3, 0.4) is 0 Å². The lowest BCUT2D eigenvalue weighted by Crippen LogP contribution is -2.28. The Balaban J connectivity index is 1.82. The van der Waals surface area contributed by atoms with Crippen molar-refractivity contribution in [3.8, 4) is 22.3 Å². The molecule has 0 nitrogen and oxygen atoms in total. The molecule has 4 aromatic rings. The summed E-state index contributed by atoms with van der Waals surface area (Å²) in [5, 5.41) is 0. The Morgan fingerprint density at radius 2 is 1.06 bits per heavy atom. The van der Waals surface area contributed by atoms with Crippen LogP contribution >= 0.6 is 0 Å². The molecule has 0 heterocycles. The maximum absolute atomic E-state index is 6.68. The van der Waals surface area contributed by atoms with Gasteiger partial charge in [-0.15, -0.1) is 0 Å². The van der Waals surface area contributed by atoms with Crippen LogP contribution in [-0.2, 0) is 16.2 Å². The van der Waals surface area contributed by atoms with Crippen LogP contribution in [0.25, 0.3) is 22.3 Å². The molecule has 166 valence electrons. The van der Waals surface area contributed by atoms with E-state index < -0.39 is 0 Å². The van der Waals surface area contributed by atoms with Gasteiger partial charge in [0.05, 0.1) is 5.41 Å². The predicted octanol–water partition coefficient (Wildman–Crippen LogP) is 7.42. The van der Waals surface area contributed by atoms with Crippen molar-refractivity contribution in [2.24, 2.45) is 0 Å². The largest absolute Gasteiger partial charge is 0.114 e. The lowest BCUT2D eigenvalue weighted by Gasteiger charge is -2.32. The maximum atomic E-state index is 6.68. The first-order valence-electron chi connectivity index (χ1n) is 12.3. The molecule has 1 spiro atoms. The Kier molecular flexibility index (Phi) is 4.27. The molecule has 4 aromatic carbocycles. The molecule has 0 N–H and O–H groups in total. The average Bonchev–Trinajstić information content (AvgIpc) is 3.25. The zero-order chi connectivity index (χ0) is 24.0. The molecular weight excluding hydrogens is 407 g/mol. The van der Waals surface area contributed by atoms with Crippen LogP contribution in [0.1, 0.15) is 74.9 Å². The molecule has 0 amide bonds. The second-order valence-corrected chi connectivity index (χ2v) is 12.1. The van der Waals surface area contributed by atoms with Gasteiger partial charge in [0.25, 0.3) is 0 Å². The zero-order valence-corrected chi connectivity index (χ0v) is 21.1. The van der Waals surface area contributed by atoms with Gasteiger partial charge in [0.1, 0.15) is 7.85 Å². The standard InChI is InChI=1S/C33H31B/c1-31(2,3)20-14-16-22-23-17-15-21(32(4,5)6)19-28(23)33(27(22)18-20)25-11-8-7-10-24(25)30-26(33)12-9-13-29(30)34/h7-19H,1-6H3. The van der Waals surface area contributed by atoms with Crippen LogP contribution < -0.4 is 5.46 Å². The van der Waals surface area contributed by atoms with Gasteiger partial charge in [0, 0.05) is 0 Å². The third-order valence-electron chi connectivity index (χ3n) is 7.97. The normalized spacial score (nSPS) is 15.1. The smallest absolute Gasteiger partial charge is 0.0886 e. The molecule has 34 heavy (non-hydrogen) atoms. The summed E-state index contributed by atoms with van der Waals surface area (Å²) < 4.78 is 0. The fraction of sp³-hybridized carbons (Fsp3) is 0.273. The van der Waals surface area contributed by atoms with Crippen LogP contribution in [0.15, 0.2) is 78.9 Å². The van der Waals surface area contributed by atoms with Crippen LogP contribution in [0.4, 0.5) is 0 Å². The van der Waals surface area contributed by atoms with E-state index >= 15 is 0 Å². The Bertz CT molecular complexity index is 1410. The molecular formula is C33H31B. The van der Waals surface area contributed by atoms with Crippen molar-refractivity contribution in [1.82, 2.24) is 0 Å². The third kappa shape index (κ3) is 2.67. The quantitative estimate of drug-likeness (QED) is 0.217. The predicted molar refractivity (Wildman–Crippen MR) is 146 cm³/mol. The van der Waals surface area contributed by atoms with E-state index in [1.165, 1.54) is 55.6 Å². The van der Waals surface area contributed by atoms with Crippen molar-refractivity contribution < 1.29 is 0 Å². The summed E-state index contributed by atoms with van der Waals surface area (Å²) in [6.45, 7) is 13.8. The highest BCUT2D eigenvalue weighted by atomic mass is 14.5. The summed E-state index contributed by atoms with van der Waals surface area (Å²) in [6.07, 6.45) is 0. The highest BCUT2D eigenvalue weighted by molar-refractivity contribution is 6.36. The molecule has 6 rings (SSSR count). The van der Waals surface area contributed by atoms with E-state index in [9.17, 15) is 0 Å². The first-order chi connectivity index (χ1) is 16.0. The van der Waals surface area contributed by atoms with Crippen LogP contribution in [0.2, 0.25) is 0 Å². The van der Waals surface area contributed by atoms with Gasteiger partial charge in [-0.25, -0.2) is 0 Å². The molecule has 0 aromatic heterocycles. The number of rotatable bonds is 0. The zero-order valence-electron chi connectivity index (χ0n) is 21.1. The average molecular weight is 438 g/mol. The van der Waals surface area contributed by atoms with Gasteiger partial charge >= 0.3 is 0 Å². The van der Waals surface area contributed by atoms with Gasteiger partial charge in [0.2, 0.25) is 0 Å². The summed E-state index contributed by atoms with van der Waals surface area (Å²) in [5.41, 5.74) is 13.9. The highest BCUT2D eigenvalue weighted by Crippen LogP contribution is 2.63. The second-order valence-electron chi connectivity index (χ2n) is 12.1. The van der Waals surface area contributed by atoms with E-state index in [0.717, 1.165) is 5.46 Å². The van der Waals surface area contributed by atoms with Crippen LogP contribution in [0.5, 0.6) is 0 Å². The molecule has 0 atom stereocenters. The Labute approximate surface area is 205 Å². The fourth-order valence-corrected chi connectivity index (χ4v) is 6.19. The van der Waals surface area contributed by atoms with Crippen molar-refractivity contribution in [3.05, 3.63) is 112 Å². The van der Waals surface area contributed by atoms with Gasteiger partial charge < -0.3 is 0 Å². The van der Waals surface area contributed by atoms with Gasteiger partial charge in [0.15, 0.2) is 0 Å². The monoisotopic (exact) mass is 438 g/mol.